The number of aromatic amines is 1. The smallest absolute Gasteiger partial charge is 0.319 e. The summed E-state index contributed by atoms with van der Waals surface area (Å²) >= 11 is 1.36. The molecule has 1 heterocycles. The van der Waals surface area contributed by atoms with Crippen LogP contribution in [0.4, 0.5) is 0 Å². The first kappa shape index (κ1) is 12.0. The van der Waals surface area contributed by atoms with Crippen molar-refractivity contribution in [2.45, 2.75) is 31.0 Å². The minimum absolute atomic E-state index is 0.184. The van der Waals surface area contributed by atoms with Crippen LogP contribution in [0.3, 0.4) is 0 Å². The molecule has 0 radical (unpaired) electrons. The Morgan fingerprint density at radius 3 is 2.67 bits per heavy atom. The number of esters is 1. The molecule has 1 N–H and O–H groups in total. The normalized spacial score (nSPS) is 13.6. The molecule has 0 bridgehead atoms. The molecule has 0 spiro atoms. The van der Waals surface area contributed by atoms with Crippen molar-refractivity contribution in [2.75, 3.05) is 7.11 Å². The van der Waals surface area contributed by atoms with Crippen LogP contribution < -0.4 is 0 Å². The first-order valence-corrected chi connectivity index (χ1v) is 5.43. The lowest BCUT2D eigenvalue weighted by molar-refractivity contribution is -0.141. The second-order valence-electron chi connectivity index (χ2n) is 4.20. The molecule has 6 heteroatoms. The lowest BCUT2D eigenvalue weighted by atomic mass is 9.92. The maximum Gasteiger partial charge on any atom is 0.319 e. The molecule has 0 aromatic carbocycles. The summed E-state index contributed by atoms with van der Waals surface area (Å²) in [7, 11) is 1.39. The van der Waals surface area contributed by atoms with Crippen LogP contribution >= 0.6 is 11.8 Å². The topological polar surface area (TPSA) is 67.9 Å². The molecule has 0 fully saturated rings. The Labute approximate surface area is 93.0 Å². The molecule has 1 aromatic heterocycles. The van der Waals surface area contributed by atoms with Gasteiger partial charge in [0.05, 0.1) is 13.3 Å². The van der Waals surface area contributed by atoms with Gasteiger partial charge in [-0.15, -0.1) is 5.10 Å². The highest BCUT2D eigenvalue weighted by Gasteiger charge is 2.33. The summed E-state index contributed by atoms with van der Waals surface area (Å²) in [5.41, 5.74) is -0.184. The van der Waals surface area contributed by atoms with Crippen molar-refractivity contribution in [3.05, 3.63) is 6.20 Å². The van der Waals surface area contributed by atoms with E-state index in [4.69, 9.17) is 4.74 Å². The van der Waals surface area contributed by atoms with E-state index >= 15 is 0 Å². The number of aromatic nitrogens is 3. The van der Waals surface area contributed by atoms with E-state index in [1.165, 1.54) is 18.9 Å². The molecular formula is C9H15N3O2S. The molecule has 1 rings (SSSR count). The Balaban J connectivity index is 2.79. The molecule has 0 aliphatic heterocycles. The number of carbonyl (C=O) groups is 1. The summed E-state index contributed by atoms with van der Waals surface area (Å²) in [6.07, 6.45) is 1.59. The maximum absolute atomic E-state index is 11.6. The summed E-state index contributed by atoms with van der Waals surface area (Å²) in [4.78, 5) is 11.6. The number of thioether (sulfide) groups is 1. The van der Waals surface area contributed by atoms with Gasteiger partial charge in [0.15, 0.2) is 0 Å². The number of methoxy groups -OCH3 is 1. The van der Waals surface area contributed by atoms with Crippen molar-refractivity contribution in [1.29, 1.82) is 0 Å². The number of carbonyl (C=O) groups excluding carboxylic acids is 1. The van der Waals surface area contributed by atoms with Gasteiger partial charge in [-0.2, -0.15) is 10.3 Å². The Bertz CT molecular complexity index is 319. The average Bonchev–Trinajstić information content (AvgIpc) is 2.63. The zero-order chi connectivity index (χ0) is 11.5. The predicted octanol–water partition coefficient (Wildman–Crippen LogP) is 1.48. The van der Waals surface area contributed by atoms with Gasteiger partial charge < -0.3 is 4.74 Å². The van der Waals surface area contributed by atoms with Crippen molar-refractivity contribution in [1.82, 2.24) is 15.4 Å². The van der Waals surface area contributed by atoms with Crippen molar-refractivity contribution < 1.29 is 9.53 Å². The second kappa shape index (κ2) is 4.65. The highest BCUT2D eigenvalue weighted by atomic mass is 32.2. The zero-order valence-electron chi connectivity index (χ0n) is 9.27. The molecule has 1 unspecified atom stereocenters. The largest absolute Gasteiger partial charge is 0.468 e. The minimum atomic E-state index is -0.285. The number of nitrogens with one attached hydrogen (secondary N) is 1. The van der Waals surface area contributed by atoms with Gasteiger partial charge in [0.1, 0.15) is 10.3 Å². The van der Waals surface area contributed by atoms with E-state index in [9.17, 15) is 4.79 Å². The fourth-order valence-corrected chi connectivity index (χ4v) is 2.05. The van der Waals surface area contributed by atoms with E-state index in [1.54, 1.807) is 6.20 Å². The summed E-state index contributed by atoms with van der Waals surface area (Å²) in [6.45, 7) is 5.96. The molecular weight excluding hydrogens is 214 g/mol. The molecule has 0 saturated heterocycles. The number of nitrogens with zero attached hydrogens (tertiary/aromatic N) is 2. The van der Waals surface area contributed by atoms with Crippen molar-refractivity contribution in [2.24, 2.45) is 5.41 Å². The SMILES string of the molecule is COC(=O)C(Sc1cn[nH]n1)C(C)(C)C. The molecule has 84 valence electrons. The van der Waals surface area contributed by atoms with E-state index < -0.39 is 0 Å². The van der Waals surface area contributed by atoms with Gasteiger partial charge in [0.25, 0.3) is 0 Å². The maximum atomic E-state index is 11.6. The van der Waals surface area contributed by atoms with E-state index in [0.717, 1.165) is 0 Å². The van der Waals surface area contributed by atoms with E-state index in [2.05, 4.69) is 15.4 Å². The Morgan fingerprint density at radius 1 is 1.60 bits per heavy atom. The third-order valence-electron chi connectivity index (χ3n) is 1.83. The predicted molar refractivity (Wildman–Crippen MR) is 57.5 cm³/mol. The van der Waals surface area contributed by atoms with Crippen LogP contribution in [0.5, 0.6) is 0 Å². The third-order valence-corrected chi connectivity index (χ3v) is 3.41. The molecule has 0 aliphatic carbocycles. The van der Waals surface area contributed by atoms with Crippen molar-refractivity contribution >= 4 is 17.7 Å². The molecule has 0 amide bonds. The van der Waals surface area contributed by atoms with Gasteiger partial charge >= 0.3 is 5.97 Å². The van der Waals surface area contributed by atoms with Gasteiger partial charge in [0.2, 0.25) is 0 Å². The number of hydrogen-bond donors (Lipinski definition) is 1. The first-order chi connectivity index (χ1) is 6.95. The van der Waals surface area contributed by atoms with Crippen LogP contribution in [-0.4, -0.2) is 33.7 Å². The number of hydrogen-bond acceptors (Lipinski definition) is 5. The molecule has 1 aromatic rings. The van der Waals surface area contributed by atoms with E-state index in [0.29, 0.717) is 5.03 Å². The standard InChI is InChI=1S/C9H15N3O2S/c1-9(2,3)7(8(13)14-4)15-6-5-10-12-11-6/h5,7H,1-4H3,(H,10,11,12). The van der Waals surface area contributed by atoms with Crippen LogP contribution in [-0.2, 0) is 9.53 Å². The highest BCUT2D eigenvalue weighted by molar-refractivity contribution is 8.00. The minimum Gasteiger partial charge on any atom is -0.468 e. The summed E-state index contributed by atoms with van der Waals surface area (Å²) < 4.78 is 4.77. The highest BCUT2D eigenvalue weighted by Crippen LogP contribution is 2.34. The molecule has 15 heavy (non-hydrogen) atoms. The van der Waals surface area contributed by atoms with E-state index in [1.807, 2.05) is 20.8 Å². The first-order valence-electron chi connectivity index (χ1n) is 4.55. The summed E-state index contributed by atoms with van der Waals surface area (Å²) in [5, 5.41) is 10.5. The van der Waals surface area contributed by atoms with Gasteiger partial charge in [-0.05, 0) is 5.41 Å². The lowest BCUT2D eigenvalue weighted by Crippen LogP contribution is -2.32. The zero-order valence-corrected chi connectivity index (χ0v) is 10.1. The number of ether oxygens (including phenoxy) is 1. The average molecular weight is 229 g/mol. The van der Waals surface area contributed by atoms with Gasteiger partial charge in [0, 0.05) is 0 Å². The second-order valence-corrected chi connectivity index (χ2v) is 5.32. The van der Waals surface area contributed by atoms with Crippen molar-refractivity contribution in [3.8, 4) is 0 Å². The van der Waals surface area contributed by atoms with Crippen LogP contribution in [0, 0.1) is 5.41 Å². The van der Waals surface area contributed by atoms with Crippen LogP contribution in [0.25, 0.3) is 0 Å². The van der Waals surface area contributed by atoms with Crippen LogP contribution in [0.15, 0.2) is 11.2 Å². The molecule has 1 atom stereocenters. The molecule has 0 saturated carbocycles. The number of H-pyrrole nitrogens is 1. The Morgan fingerprint density at radius 2 is 2.27 bits per heavy atom. The van der Waals surface area contributed by atoms with E-state index in [-0.39, 0.29) is 16.6 Å². The van der Waals surface area contributed by atoms with Gasteiger partial charge in [-0.25, -0.2) is 0 Å². The molecule has 5 nitrogen and oxygen atoms in total. The fraction of sp³-hybridized carbons (Fsp3) is 0.667. The fourth-order valence-electron chi connectivity index (χ4n) is 1.05. The Hall–Kier alpha value is -1.04. The molecule has 0 aliphatic rings. The third kappa shape index (κ3) is 3.23. The Kier molecular flexibility index (Phi) is 3.73. The van der Waals surface area contributed by atoms with Crippen LogP contribution in [0.2, 0.25) is 0 Å². The van der Waals surface area contributed by atoms with Gasteiger partial charge in [-0.1, -0.05) is 32.5 Å². The number of rotatable bonds is 3. The van der Waals surface area contributed by atoms with Crippen molar-refractivity contribution in [3.63, 3.8) is 0 Å². The van der Waals surface area contributed by atoms with Crippen LogP contribution in [0.1, 0.15) is 20.8 Å². The lowest BCUT2D eigenvalue weighted by Gasteiger charge is -2.26. The quantitative estimate of drug-likeness (QED) is 0.628. The summed E-state index contributed by atoms with van der Waals surface area (Å²) in [5.74, 6) is -0.240. The summed E-state index contributed by atoms with van der Waals surface area (Å²) in [6, 6.07) is 0. The van der Waals surface area contributed by atoms with Gasteiger partial charge in [-0.3, -0.25) is 4.79 Å². The monoisotopic (exact) mass is 229 g/mol.